The Morgan fingerprint density at radius 3 is 2.61 bits per heavy atom. The molecule has 0 saturated heterocycles. The Morgan fingerprint density at radius 2 is 1.82 bits per heavy atom. The van der Waals surface area contributed by atoms with Crippen molar-refractivity contribution in [1.29, 1.82) is 0 Å². The van der Waals surface area contributed by atoms with E-state index in [2.05, 4.69) is 15.1 Å². The molecule has 4 rings (SSSR count). The van der Waals surface area contributed by atoms with Gasteiger partial charge in [0.1, 0.15) is 12.4 Å². The van der Waals surface area contributed by atoms with Crippen LogP contribution in [-0.4, -0.2) is 33.9 Å². The number of hydrogen-bond acceptors (Lipinski definition) is 7. The number of nitrogens with zero attached hydrogens (tertiary/aromatic N) is 4. The molecule has 0 aliphatic rings. The number of benzene rings is 2. The summed E-state index contributed by atoms with van der Waals surface area (Å²) in [5.74, 6) is 2.47. The first-order chi connectivity index (χ1) is 13.6. The van der Waals surface area contributed by atoms with Crippen LogP contribution in [0.1, 0.15) is 11.7 Å². The van der Waals surface area contributed by atoms with Crippen LogP contribution in [-0.2, 0) is 6.54 Å². The van der Waals surface area contributed by atoms with Crippen LogP contribution in [0.3, 0.4) is 0 Å². The van der Waals surface area contributed by atoms with Crippen molar-refractivity contribution in [3.8, 4) is 22.9 Å². The number of para-hydroxylation sites is 1. The number of rotatable bonds is 5. The summed E-state index contributed by atoms with van der Waals surface area (Å²) in [5, 5.41) is 4.57. The molecule has 142 valence electrons. The molecule has 8 nitrogen and oxygen atoms in total. The first-order valence-corrected chi connectivity index (χ1v) is 8.62. The molecule has 4 aromatic rings. The van der Waals surface area contributed by atoms with E-state index in [1.165, 1.54) is 4.57 Å². The van der Waals surface area contributed by atoms with Gasteiger partial charge in [0.05, 0.1) is 25.1 Å². The summed E-state index contributed by atoms with van der Waals surface area (Å²) >= 11 is 0. The van der Waals surface area contributed by atoms with Gasteiger partial charge in [0.15, 0.2) is 11.5 Å². The minimum atomic E-state index is -0.144. The molecule has 0 aliphatic heterocycles. The molecule has 0 N–H and O–H groups in total. The van der Waals surface area contributed by atoms with Gasteiger partial charge in [0.2, 0.25) is 11.7 Å². The van der Waals surface area contributed by atoms with Crippen molar-refractivity contribution in [3.63, 3.8) is 0 Å². The lowest BCUT2D eigenvalue weighted by Crippen LogP contribution is -2.24. The summed E-state index contributed by atoms with van der Waals surface area (Å²) in [7, 11) is 3.13. The van der Waals surface area contributed by atoms with Crippen molar-refractivity contribution in [2.24, 2.45) is 0 Å². The van der Waals surface area contributed by atoms with Crippen molar-refractivity contribution in [1.82, 2.24) is 19.7 Å². The maximum atomic E-state index is 12.8. The molecule has 0 amide bonds. The minimum Gasteiger partial charge on any atom is -0.493 e. The Kier molecular flexibility index (Phi) is 4.52. The number of ether oxygens (including phenoxy) is 2. The van der Waals surface area contributed by atoms with Gasteiger partial charge in [-0.05, 0) is 37.3 Å². The van der Waals surface area contributed by atoms with Gasteiger partial charge in [-0.2, -0.15) is 4.98 Å². The molecule has 0 atom stereocenters. The summed E-state index contributed by atoms with van der Waals surface area (Å²) < 4.78 is 17.4. The van der Waals surface area contributed by atoms with Gasteiger partial charge in [-0.3, -0.25) is 9.36 Å². The molecule has 2 aromatic carbocycles. The van der Waals surface area contributed by atoms with E-state index in [0.29, 0.717) is 45.5 Å². The Bertz CT molecular complexity index is 1210. The smallest absolute Gasteiger partial charge is 0.261 e. The molecule has 0 bridgehead atoms. The van der Waals surface area contributed by atoms with Crippen LogP contribution in [0.5, 0.6) is 11.5 Å². The van der Waals surface area contributed by atoms with Crippen molar-refractivity contribution in [2.75, 3.05) is 14.2 Å². The summed E-state index contributed by atoms with van der Waals surface area (Å²) in [5.41, 5.74) is 1.24. The van der Waals surface area contributed by atoms with E-state index in [1.54, 1.807) is 39.3 Å². The highest BCUT2D eigenvalue weighted by atomic mass is 16.5. The van der Waals surface area contributed by atoms with Crippen LogP contribution in [0.2, 0.25) is 0 Å². The van der Waals surface area contributed by atoms with Crippen LogP contribution >= 0.6 is 0 Å². The lowest BCUT2D eigenvalue weighted by atomic mass is 10.2. The highest BCUT2D eigenvalue weighted by molar-refractivity contribution is 5.77. The highest BCUT2D eigenvalue weighted by Crippen LogP contribution is 2.31. The Hall–Kier alpha value is -3.68. The standard InChI is InChI=1S/C20H18N4O4/c1-12-21-15-7-5-4-6-14(15)20(25)24(12)11-18-22-19(23-28-18)13-8-9-16(26-2)17(10-13)27-3/h4-10H,11H2,1-3H3. The average molecular weight is 378 g/mol. The van der Waals surface area contributed by atoms with Crippen molar-refractivity contribution < 1.29 is 14.0 Å². The van der Waals surface area contributed by atoms with Gasteiger partial charge >= 0.3 is 0 Å². The lowest BCUT2D eigenvalue weighted by Gasteiger charge is -2.08. The predicted molar refractivity (Wildman–Crippen MR) is 103 cm³/mol. The summed E-state index contributed by atoms with van der Waals surface area (Å²) in [6, 6.07) is 12.6. The maximum Gasteiger partial charge on any atom is 0.261 e. The zero-order valence-corrected chi connectivity index (χ0v) is 15.7. The summed E-state index contributed by atoms with van der Waals surface area (Å²) in [6.07, 6.45) is 0. The second-order valence-electron chi connectivity index (χ2n) is 6.15. The Morgan fingerprint density at radius 1 is 1.04 bits per heavy atom. The first-order valence-electron chi connectivity index (χ1n) is 8.62. The molecule has 0 unspecified atom stereocenters. The van der Waals surface area contributed by atoms with E-state index in [4.69, 9.17) is 14.0 Å². The molecule has 0 fully saturated rings. The normalized spacial score (nSPS) is 11.0. The molecule has 0 radical (unpaired) electrons. The van der Waals surface area contributed by atoms with Gasteiger partial charge in [0, 0.05) is 5.56 Å². The van der Waals surface area contributed by atoms with E-state index >= 15 is 0 Å². The number of aromatic nitrogens is 4. The van der Waals surface area contributed by atoms with E-state index < -0.39 is 0 Å². The van der Waals surface area contributed by atoms with Crippen molar-refractivity contribution in [3.05, 3.63) is 64.5 Å². The zero-order valence-electron chi connectivity index (χ0n) is 15.7. The lowest BCUT2D eigenvalue weighted by molar-refractivity contribution is 0.355. The third-order valence-electron chi connectivity index (χ3n) is 4.46. The molecule has 2 aromatic heterocycles. The molecule has 0 spiro atoms. The second kappa shape index (κ2) is 7.15. The quantitative estimate of drug-likeness (QED) is 0.527. The van der Waals surface area contributed by atoms with Gasteiger partial charge in [-0.15, -0.1) is 0 Å². The number of aryl methyl sites for hydroxylation is 1. The van der Waals surface area contributed by atoms with E-state index in [1.807, 2.05) is 24.3 Å². The third kappa shape index (κ3) is 3.09. The third-order valence-corrected chi connectivity index (χ3v) is 4.46. The maximum absolute atomic E-state index is 12.8. The first kappa shape index (κ1) is 17.7. The van der Waals surface area contributed by atoms with Gasteiger partial charge < -0.3 is 14.0 Å². The van der Waals surface area contributed by atoms with Crippen LogP contribution in [0, 0.1) is 6.92 Å². The predicted octanol–water partition coefficient (Wildman–Crippen LogP) is 2.82. The highest BCUT2D eigenvalue weighted by Gasteiger charge is 2.15. The molecule has 28 heavy (non-hydrogen) atoms. The SMILES string of the molecule is COc1ccc(-c2noc(Cn3c(C)nc4ccccc4c3=O)n2)cc1OC. The molecule has 0 saturated carbocycles. The fourth-order valence-corrected chi connectivity index (χ4v) is 3.01. The Labute approximate surface area is 160 Å². The van der Waals surface area contributed by atoms with Crippen LogP contribution in [0.15, 0.2) is 51.8 Å². The van der Waals surface area contributed by atoms with Crippen LogP contribution < -0.4 is 15.0 Å². The number of hydrogen-bond donors (Lipinski definition) is 0. The van der Waals surface area contributed by atoms with Crippen LogP contribution in [0.4, 0.5) is 0 Å². The van der Waals surface area contributed by atoms with Gasteiger partial charge in [0.25, 0.3) is 5.56 Å². The topological polar surface area (TPSA) is 92.3 Å². The van der Waals surface area contributed by atoms with E-state index in [9.17, 15) is 4.79 Å². The fraction of sp³-hybridized carbons (Fsp3) is 0.200. The molecule has 0 aliphatic carbocycles. The van der Waals surface area contributed by atoms with E-state index in [0.717, 1.165) is 0 Å². The van der Waals surface area contributed by atoms with Gasteiger partial charge in [-0.1, -0.05) is 17.3 Å². The van der Waals surface area contributed by atoms with E-state index in [-0.39, 0.29) is 12.1 Å². The molecular weight excluding hydrogens is 360 g/mol. The summed E-state index contributed by atoms with van der Waals surface area (Å²) in [4.78, 5) is 21.7. The molecular formula is C20H18N4O4. The van der Waals surface area contributed by atoms with Crippen LogP contribution in [0.25, 0.3) is 22.3 Å². The number of methoxy groups -OCH3 is 2. The molecule has 2 heterocycles. The minimum absolute atomic E-state index is 0.142. The Balaban J connectivity index is 1.68. The summed E-state index contributed by atoms with van der Waals surface area (Å²) in [6.45, 7) is 1.92. The van der Waals surface area contributed by atoms with Gasteiger partial charge in [-0.25, -0.2) is 4.98 Å². The molecule has 8 heteroatoms. The second-order valence-corrected chi connectivity index (χ2v) is 6.15. The zero-order chi connectivity index (χ0) is 19.7. The average Bonchev–Trinajstić information content (AvgIpc) is 3.19. The number of fused-ring (bicyclic) bond motifs is 1. The largest absolute Gasteiger partial charge is 0.493 e. The monoisotopic (exact) mass is 378 g/mol. The van der Waals surface area contributed by atoms with Crippen molar-refractivity contribution in [2.45, 2.75) is 13.5 Å². The fourth-order valence-electron chi connectivity index (χ4n) is 3.01. The van der Waals surface area contributed by atoms with Crippen molar-refractivity contribution >= 4 is 10.9 Å².